The van der Waals surface area contributed by atoms with Crippen LogP contribution in [0.2, 0.25) is 5.02 Å². The highest BCUT2D eigenvalue weighted by Crippen LogP contribution is 2.23. The third kappa shape index (κ3) is 6.14. The fraction of sp³-hybridized carbons (Fsp3) is 0.0870. The smallest absolute Gasteiger partial charge is 0.269 e. The molecule has 0 bridgehead atoms. The second kappa shape index (κ2) is 10.4. The summed E-state index contributed by atoms with van der Waals surface area (Å²) < 4.78 is 7.45. The van der Waals surface area contributed by atoms with E-state index in [1.807, 2.05) is 24.3 Å². The predicted molar refractivity (Wildman–Crippen MR) is 122 cm³/mol. The first-order valence-electron chi connectivity index (χ1n) is 9.85. The van der Waals surface area contributed by atoms with Gasteiger partial charge < -0.3 is 9.57 Å². The minimum Gasteiger partial charge on any atom is -0.457 e. The summed E-state index contributed by atoms with van der Waals surface area (Å²) in [6, 6.07) is 20.7. The molecule has 0 unspecified atom stereocenters. The third-order valence-corrected chi connectivity index (χ3v) is 4.79. The number of nitro benzene ring substituents is 1. The normalized spacial score (nSPS) is 11.2. The van der Waals surface area contributed by atoms with Gasteiger partial charge >= 0.3 is 0 Å². The van der Waals surface area contributed by atoms with Crippen LogP contribution in [0.4, 0.5) is 5.69 Å². The van der Waals surface area contributed by atoms with Crippen molar-refractivity contribution in [1.82, 2.24) is 14.8 Å². The first kappa shape index (κ1) is 22.0. The van der Waals surface area contributed by atoms with Crippen LogP contribution in [0.5, 0.6) is 11.5 Å². The van der Waals surface area contributed by atoms with E-state index in [2.05, 4.69) is 15.2 Å². The molecular weight excluding hydrogens is 446 g/mol. The maximum absolute atomic E-state index is 11.0. The number of ether oxygens (including phenoxy) is 1. The zero-order valence-electron chi connectivity index (χ0n) is 17.2. The SMILES string of the molecule is O=[N+]([O-])c1cccc(CON=C(Cn2cncn2)c2ccc(Oc3ccc(Cl)cc3)cc2)c1. The Morgan fingerprint density at radius 2 is 1.79 bits per heavy atom. The van der Waals surface area contributed by atoms with Crippen LogP contribution in [0.25, 0.3) is 0 Å². The number of aromatic nitrogens is 3. The van der Waals surface area contributed by atoms with Crippen molar-refractivity contribution in [2.75, 3.05) is 0 Å². The van der Waals surface area contributed by atoms with Crippen LogP contribution in [0.1, 0.15) is 11.1 Å². The van der Waals surface area contributed by atoms with Gasteiger partial charge in [-0.15, -0.1) is 0 Å². The van der Waals surface area contributed by atoms with Gasteiger partial charge in [0.15, 0.2) is 0 Å². The molecule has 0 aliphatic heterocycles. The van der Waals surface area contributed by atoms with Gasteiger partial charge in [0.05, 0.1) is 11.5 Å². The van der Waals surface area contributed by atoms with Crippen molar-refractivity contribution in [3.05, 3.63) is 112 Å². The molecule has 0 aliphatic carbocycles. The van der Waals surface area contributed by atoms with Crippen molar-refractivity contribution in [3.63, 3.8) is 0 Å². The maximum Gasteiger partial charge on any atom is 0.269 e. The number of benzene rings is 3. The summed E-state index contributed by atoms with van der Waals surface area (Å²) in [7, 11) is 0. The number of nitrogens with zero attached hydrogens (tertiary/aromatic N) is 5. The van der Waals surface area contributed by atoms with Crippen molar-refractivity contribution in [3.8, 4) is 11.5 Å². The summed E-state index contributed by atoms with van der Waals surface area (Å²) in [4.78, 5) is 20.0. The molecule has 0 amide bonds. The maximum atomic E-state index is 11.0. The van der Waals surface area contributed by atoms with E-state index in [0.29, 0.717) is 34.3 Å². The summed E-state index contributed by atoms with van der Waals surface area (Å²) in [6.45, 7) is 0.409. The van der Waals surface area contributed by atoms with E-state index in [1.165, 1.54) is 18.5 Å². The lowest BCUT2D eigenvalue weighted by molar-refractivity contribution is -0.384. The quantitative estimate of drug-likeness (QED) is 0.190. The molecule has 0 fully saturated rings. The molecule has 9 nitrogen and oxygen atoms in total. The van der Waals surface area contributed by atoms with Crippen molar-refractivity contribution in [1.29, 1.82) is 0 Å². The fourth-order valence-electron chi connectivity index (χ4n) is 2.94. The Balaban J connectivity index is 1.49. The van der Waals surface area contributed by atoms with Crippen LogP contribution in [-0.4, -0.2) is 25.4 Å². The van der Waals surface area contributed by atoms with Crippen LogP contribution in [-0.2, 0) is 18.0 Å². The second-order valence-corrected chi connectivity index (χ2v) is 7.35. The summed E-state index contributed by atoms with van der Waals surface area (Å²) in [5.74, 6) is 1.32. The number of nitro groups is 1. The lowest BCUT2D eigenvalue weighted by atomic mass is 10.1. The molecule has 0 radical (unpaired) electrons. The Kier molecular flexibility index (Phi) is 6.91. The Morgan fingerprint density at radius 3 is 2.45 bits per heavy atom. The van der Waals surface area contributed by atoms with E-state index < -0.39 is 4.92 Å². The number of halogens is 1. The van der Waals surface area contributed by atoms with E-state index in [-0.39, 0.29) is 12.3 Å². The topological polar surface area (TPSA) is 105 Å². The highest BCUT2D eigenvalue weighted by molar-refractivity contribution is 6.30. The molecule has 3 aromatic carbocycles. The highest BCUT2D eigenvalue weighted by atomic mass is 35.5. The Hall–Kier alpha value is -4.24. The lowest BCUT2D eigenvalue weighted by Gasteiger charge is -2.10. The van der Waals surface area contributed by atoms with Crippen LogP contribution in [0, 0.1) is 10.1 Å². The van der Waals surface area contributed by atoms with Crippen LogP contribution < -0.4 is 4.74 Å². The number of hydrogen-bond acceptors (Lipinski definition) is 7. The van der Waals surface area contributed by atoms with E-state index in [0.717, 1.165) is 5.56 Å². The number of oxime groups is 1. The second-order valence-electron chi connectivity index (χ2n) is 6.91. The van der Waals surface area contributed by atoms with E-state index in [4.69, 9.17) is 21.2 Å². The molecule has 0 atom stereocenters. The molecule has 0 N–H and O–H groups in total. The van der Waals surface area contributed by atoms with Crippen LogP contribution >= 0.6 is 11.6 Å². The van der Waals surface area contributed by atoms with Gasteiger partial charge in [0.25, 0.3) is 5.69 Å². The number of non-ortho nitro benzene ring substituents is 1. The van der Waals surface area contributed by atoms with Gasteiger partial charge in [0.2, 0.25) is 0 Å². The van der Waals surface area contributed by atoms with E-state index in [1.54, 1.807) is 47.4 Å². The van der Waals surface area contributed by atoms with Gasteiger partial charge in [-0.1, -0.05) is 28.9 Å². The largest absolute Gasteiger partial charge is 0.457 e. The monoisotopic (exact) mass is 463 g/mol. The first-order valence-corrected chi connectivity index (χ1v) is 10.2. The zero-order chi connectivity index (χ0) is 23.0. The molecule has 0 saturated carbocycles. The summed E-state index contributed by atoms with van der Waals surface area (Å²) in [6.07, 6.45) is 3.01. The number of hydrogen-bond donors (Lipinski definition) is 0. The molecule has 1 aromatic heterocycles. The lowest BCUT2D eigenvalue weighted by Crippen LogP contribution is -2.13. The van der Waals surface area contributed by atoms with Crippen molar-refractivity contribution in [2.45, 2.75) is 13.2 Å². The minimum atomic E-state index is -0.448. The molecule has 0 spiro atoms. The molecular formula is C23H18ClN5O4. The van der Waals surface area contributed by atoms with Crippen molar-refractivity contribution < 1.29 is 14.5 Å². The molecule has 4 aromatic rings. The highest BCUT2D eigenvalue weighted by Gasteiger charge is 2.09. The van der Waals surface area contributed by atoms with Gasteiger partial charge in [-0.25, -0.2) is 9.67 Å². The summed E-state index contributed by atoms with van der Waals surface area (Å²) in [5.41, 5.74) is 2.04. The molecule has 10 heteroatoms. The number of rotatable bonds is 9. The zero-order valence-corrected chi connectivity index (χ0v) is 18.0. The summed E-state index contributed by atoms with van der Waals surface area (Å²) in [5, 5.41) is 20.0. The minimum absolute atomic E-state index is 0.000746. The van der Waals surface area contributed by atoms with Gasteiger partial charge in [-0.05, 0) is 54.1 Å². The first-order chi connectivity index (χ1) is 16.1. The molecule has 1 heterocycles. The Morgan fingerprint density at radius 1 is 1.06 bits per heavy atom. The fourth-order valence-corrected chi connectivity index (χ4v) is 3.07. The van der Waals surface area contributed by atoms with Gasteiger partial charge in [-0.3, -0.25) is 10.1 Å². The van der Waals surface area contributed by atoms with Gasteiger partial charge in [-0.2, -0.15) is 5.10 Å². The van der Waals surface area contributed by atoms with E-state index >= 15 is 0 Å². The van der Waals surface area contributed by atoms with E-state index in [9.17, 15) is 10.1 Å². The van der Waals surface area contributed by atoms with Crippen LogP contribution in [0.15, 0.2) is 90.6 Å². The van der Waals surface area contributed by atoms with Crippen molar-refractivity contribution >= 4 is 23.0 Å². The molecule has 4 rings (SSSR count). The molecule has 0 aliphatic rings. The standard InChI is InChI=1S/C23H18ClN5O4/c24-19-6-10-22(11-7-19)33-21-8-4-18(5-9-21)23(13-28-16-25-15-26-28)27-32-14-17-2-1-3-20(12-17)29(30)31/h1-12,15-16H,13-14H2. The van der Waals surface area contributed by atoms with Crippen LogP contribution in [0.3, 0.4) is 0 Å². The summed E-state index contributed by atoms with van der Waals surface area (Å²) >= 11 is 5.91. The predicted octanol–water partition coefficient (Wildman–Crippen LogP) is 5.25. The molecule has 33 heavy (non-hydrogen) atoms. The van der Waals surface area contributed by atoms with Gasteiger partial charge in [0.1, 0.15) is 36.5 Å². The Bertz CT molecular complexity index is 1240. The molecule has 0 saturated heterocycles. The molecule has 166 valence electrons. The average molecular weight is 464 g/mol. The van der Waals surface area contributed by atoms with Gasteiger partial charge in [0, 0.05) is 22.7 Å². The van der Waals surface area contributed by atoms with Crippen molar-refractivity contribution in [2.24, 2.45) is 5.16 Å². The third-order valence-electron chi connectivity index (χ3n) is 4.54. The average Bonchev–Trinajstić information content (AvgIpc) is 3.34. The Labute approximate surface area is 194 Å².